The highest BCUT2D eigenvalue weighted by molar-refractivity contribution is 7.89. The summed E-state index contributed by atoms with van der Waals surface area (Å²) in [5.41, 5.74) is 5.78. The average molecular weight is 353 g/mol. The van der Waals surface area contributed by atoms with Crippen LogP contribution in [0.25, 0.3) is 0 Å². The van der Waals surface area contributed by atoms with Crippen LogP contribution in [-0.2, 0) is 14.8 Å². The van der Waals surface area contributed by atoms with Crippen LogP contribution in [0.15, 0.2) is 17.0 Å². The van der Waals surface area contributed by atoms with E-state index in [4.69, 9.17) is 33.7 Å². The van der Waals surface area contributed by atoms with Crippen molar-refractivity contribution >= 4 is 38.9 Å². The van der Waals surface area contributed by atoms with Crippen LogP contribution >= 0.6 is 23.2 Å². The van der Waals surface area contributed by atoms with Crippen molar-refractivity contribution in [1.29, 1.82) is 0 Å². The highest BCUT2D eigenvalue weighted by Gasteiger charge is 2.27. The van der Waals surface area contributed by atoms with Crippen molar-refractivity contribution in [1.82, 2.24) is 4.31 Å². The SMILES string of the molecule is CN(CCOCC1CC1)S(=O)(=O)c1c(N)cc(Cl)cc1Cl. The minimum Gasteiger partial charge on any atom is -0.398 e. The largest absolute Gasteiger partial charge is 0.398 e. The Labute approximate surface area is 135 Å². The van der Waals surface area contributed by atoms with Gasteiger partial charge in [0.05, 0.1) is 17.3 Å². The van der Waals surface area contributed by atoms with Gasteiger partial charge in [0.2, 0.25) is 10.0 Å². The third-order valence-electron chi connectivity index (χ3n) is 3.31. The first-order valence-corrected chi connectivity index (χ1v) is 8.80. The van der Waals surface area contributed by atoms with E-state index in [1.165, 1.54) is 36.3 Å². The Kier molecular flexibility index (Phi) is 5.38. The van der Waals surface area contributed by atoms with E-state index in [1.54, 1.807) is 0 Å². The van der Waals surface area contributed by atoms with Gasteiger partial charge in [0.1, 0.15) is 4.90 Å². The van der Waals surface area contributed by atoms with Crippen LogP contribution in [0, 0.1) is 5.92 Å². The van der Waals surface area contributed by atoms with Crippen LogP contribution in [0.5, 0.6) is 0 Å². The van der Waals surface area contributed by atoms with E-state index >= 15 is 0 Å². The van der Waals surface area contributed by atoms with Gasteiger partial charge in [0, 0.05) is 25.2 Å². The number of benzene rings is 1. The number of sulfonamides is 1. The number of anilines is 1. The van der Waals surface area contributed by atoms with Gasteiger partial charge in [0.15, 0.2) is 0 Å². The Balaban J connectivity index is 2.05. The normalized spacial score (nSPS) is 15.6. The van der Waals surface area contributed by atoms with Gasteiger partial charge in [-0.1, -0.05) is 23.2 Å². The fourth-order valence-electron chi connectivity index (χ4n) is 1.86. The maximum absolute atomic E-state index is 12.5. The Hall–Kier alpha value is -0.530. The second-order valence-corrected chi connectivity index (χ2v) is 7.98. The Morgan fingerprint density at radius 3 is 2.62 bits per heavy atom. The molecule has 1 aromatic rings. The lowest BCUT2D eigenvalue weighted by Gasteiger charge is -2.19. The fourth-order valence-corrected chi connectivity index (χ4v) is 3.95. The molecule has 0 radical (unpaired) electrons. The molecule has 0 aromatic heterocycles. The van der Waals surface area contributed by atoms with Gasteiger partial charge in [-0.2, -0.15) is 4.31 Å². The molecule has 0 spiro atoms. The number of nitrogens with two attached hydrogens (primary N) is 1. The molecular formula is C13H18Cl2N2O3S. The standard InChI is InChI=1S/C13H18Cl2N2O3S/c1-17(4-5-20-8-9-2-3-9)21(18,19)13-11(15)6-10(14)7-12(13)16/h6-7,9H,2-5,8,16H2,1H3. The van der Waals surface area contributed by atoms with E-state index in [-0.39, 0.29) is 22.2 Å². The van der Waals surface area contributed by atoms with Crippen LogP contribution in [-0.4, -0.2) is 39.5 Å². The first kappa shape index (κ1) is 16.8. The van der Waals surface area contributed by atoms with Gasteiger partial charge >= 0.3 is 0 Å². The van der Waals surface area contributed by atoms with Gasteiger partial charge in [-0.25, -0.2) is 8.42 Å². The third-order valence-corrected chi connectivity index (χ3v) is 5.91. The summed E-state index contributed by atoms with van der Waals surface area (Å²) in [7, 11) is -2.29. The Morgan fingerprint density at radius 1 is 1.38 bits per heavy atom. The van der Waals surface area contributed by atoms with Crippen molar-refractivity contribution < 1.29 is 13.2 Å². The van der Waals surface area contributed by atoms with Crippen LogP contribution in [0.1, 0.15) is 12.8 Å². The molecule has 0 amide bonds. The minimum atomic E-state index is -3.76. The quantitative estimate of drug-likeness (QED) is 0.604. The van der Waals surface area contributed by atoms with Gasteiger partial charge in [0.25, 0.3) is 0 Å². The van der Waals surface area contributed by atoms with Crippen LogP contribution in [0.4, 0.5) is 5.69 Å². The monoisotopic (exact) mass is 352 g/mol. The lowest BCUT2D eigenvalue weighted by atomic mass is 10.3. The van der Waals surface area contributed by atoms with Gasteiger partial charge in [-0.15, -0.1) is 0 Å². The molecule has 1 fully saturated rings. The van der Waals surface area contributed by atoms with Crippen LogP contribution in [0.2, 0.25) is 10.0 Å². The van der Waals surface area contributed by atoms with Crippen molar-refractivity contribution in [3.63, 3.8) is 0 Å². The van der Waals surface area contributed by atoms with Gasteiger partial charge in [-0.3, -0.25) is 0 Å². The second-order valence-electron chi connectivity index (χ2n) is 5.15. The van der Waals surface area contributed by atoms with Gasteiger partial charge in [-0.05, 0) is 30.9 Å². The zero-order chi connectivity index (χ0) is 15.6. The molecule has 1 saturated carbocycles. The number of ether oxygens (including phenoxy) is 1. The summed E-state index contributed by atoms with van der Waals surface area (Å²) in [5, 5.41) is 0.317. The fraction of sp³-hybridized carbons (Fsp3) is 0.538. The third kappa shape index (κ3) is 4.23. The topological polar surface area (TPSA) is 72.6 Å². The molecule has 0 heterocycles. The number of nitrogen functional groups attached to an aromatic ring is 1. The Bertz CT molecular complexity index is 595. The van der Waals surface area contributed by atoms with E-state index in [2.05, 4.69) is 0 Å². The summed E-state index contributed by atoms with van der Waals surface area (Å²) in [6.45, 7) is 1.28. The molecule has 1 aliphatic carbocycles. The molecule has 2 N–H and O–H groups in total. The van der Waals surface area contributed by atoms with E-state index in [0.29, 0.717) is 24.2 Å². The molecule has 1 aliphatic rings. The highest BCUT2D eigenvalue weighted by atomic mass is 35.5. The van der Waals surface area contributed by atoms with E-state index < -0.39 is 10.0 Å². The molecule has 0 atom stereocenters. The van der Waals surface area contributed by atoms with E-state index in [9.17, 15) is 8.42 Å². The number of rotatable bonds is 7. The minimum absolute atomic E-state index is 0.0192. The lowest BCUT2D eigenvalue weighted by molar-refractivity contribution is 0.117. The predicted molar refractivity (Wildman–Crippen MR) is 84.2 cm³/mol. The molecule has 0 aliphatic heterocycles. The number of nitrogens with zero attached hydrogens (tertiary/aromatic N) is 1. The summed E-state index contributed by atoms with van der Waals surface area (Å²) >= 11 is 11.8. The van der Waals surface area contributed by atoms with E-state index in [0.717, 1.165) is 0 Å². The molecule has 0 unspecified atom stereocenters. The lowest BCUT2D eigenvalue weighted by Crippen LogP contribution is -2.31. The second kappa shape index (κ2) is 6.71. The number of hydrogen-bond donors (Lipinski definition) is 1. The van der Waals surface area contributed by atoms with Crippen LogP contribution in [0.3, 0.4) is 0 Å². The first-order valence-electron chi connectivity index (χ1n) is 6.61. The first-order chi connectivity index (χ1) is 9.82. The number of hydrogen-bond acceptors (Lipinski definition) is 4. The van der Waals surface area contributed by atoms with Crippen molar-refractivity contribution in [2.24, 2.45) is 5.92 Å². The van der Waals surface area contributed by atoms with Crippen molar-refractivity contribution in [2.75, 3.05) is 32.5 Å². The molecule has 118 valence electrons. The zero-order valence-corrected chi connectivity index (χ0v) is 14.0. The average Bonchev–Trinajstić information content (AvgIpc) is 3.16. The zero-order valence-electron chi connectivity index (χ0n) is 11.7. The van der Waals surface area contributed by atoms with Gasteiger partial charge < -0.3 is 10.5 Å². The Morgan fingerprint density at radius 2 is 2.05 bits per heavy atom. The molecule has 0 bridgehead atoms. The molecule has 2 rings (SSSR count). The molecule has 0 saturated heterocycles. The predicted octanol–water partition coefficient (Wildman–Crippen LogP) is 2.62. The van der Waals surface area contributed by atoms with Crippen molar-refractivity contribution in [3.05, 3.63) is 22.2 Å². The van der Waals surface area contributed by atoms with Crippen LogP contribution < -0.4 is 5.73 Å². The molecule has 8 heteroatoms. The summed E-state index contributed by atoms with van der Waals surface area (Å²) in [6.07, 6.45) is 2.40. The summed E-state index contributed by atoms with van der Waals surface area (Å²) in [6, 6.07) is 2.74. The molecule has 1 aromatic carbocycles. The number of halogens is 2. The van der Waals surface area contributed by atoms with Crippen molar-refractivity contribution in [2.45, 2.75) is 17.7 Å². The van der Waals surface area contributed by atoms with Crippen molar-refractivity contribution in [3.8, 4) is 0 Å². The highest BCUT2D eigenvalue weighted by Crippen LogP contribution is 2.33. The summed E-state index contributed by atoms with van der Waals surface area (Å²) in [5.74, 6) is 0.647. The molecular weight excluding hydrogens is 335 g/mol. The summed E-state index contributed by atoms with van der Waals surface area (Å²) in [4.78, 5) is -0.113. The van der Waals surface area contributed by atoms with E-state index in [1.807, 2.05) is 0 Å². The maximum Gasteiger partial charge on any atom is 0.246 e. The maximum atomic E-state index is 12.5. The summed E-state index contributed by atoms with van der Waals surface area (Å²) < 4.78 is 31.6. The smallest absolute Gasteiger partial charge is 0.246 e. The molecule has 21 heavy (non-hydrogen) atoms. The molecule has 5 nitrogen and oxygen atoms in total. The number of likely N-dealkylation sites (N-methyl/N-ethyl adjacent to an activating group) is 1.